The van der Waals surface area contributed by atoms with Crippen LogP contribution in [0, 0.1) is 5.41 Å². The Balaban J connectivity index is 2.59. The summed E-state index contributed by atoms with van der Waals surface area (Å²) in [7, 11) is -4.54. The maximum absolute atomic E-state index is 11.7. The number of hydrogen-bond donors (Lipinski definition) is 3. The van der Waals surface area contributed by atoms with Gasteiger partial charge in [0.2, 0.25) is 0 Å². The number of aliphatic carboxylic acids is 1. The molecule has 1 aliphatic carbocycles. The van der Waals surface area contributed by atoms with Crippen molar-refractivity contribution in [3.8, 4) is 0 Å². The minimum Gasteiger partial charge on any atom is -0.481 e. The van der Waals surface area contributed by atoms with Gasteiger partial charge in [-0.25, -0.2) is 0 Å². The molecule has 1 aliphatic rings. The van der Waals surface area contributed by atoms with Gasteiger partial charge in [-0.05, 0) is 18.9 Å². The third-order valence-electron chi connectivity index (χ3n) is 3.62. The lowest BCUT2D eigenvalue weighted by Gasteiger charge is -2.22. The summed E-state index contributed by atoms with van der Waals surface area (Å²) in [5.41, 5.74) is -1.01. The summed E-state index contributed by atoms with van der Waals surface area (Å²) in [5, 5.41) is 7.55. The molecule has 0 spiro atoms. The summed E-state index contributed by atoms with van der Waals surface area (Å²) >= 11 is 0. The topological polar surface area (TPSA) is 94.8 Å². The molecule has 0 bridgehead atoms. The average molecular weight is 256 g/mol. The van der Waals surface area contributed by atoms with E-state index in [0.717, 1.165) is 0 Å². The van der Waals surface area contributed by atoms with Crippen molar-refractivity contribution < 1.29 is 24.3 Å². The van der Waals surface area contributed by atoms with Gasteiger partial charge >= 0.3 is 13.6 Å². The van der Waals surface area contributed by atoms with Gasteiger partial charge in [-0.15, -0.1) is 0 Å². The van der Waals surface area contributed by atoms with Crippen LogP contribution in [0.3, 0.4) is 0 Å². The lowest BCUT2D eigenvalue weighted by molar-refractivity contribution is -0.143. The minimum atomic E-state index is -4.54. The van der Waals surface area contributed by atoms with Crippen LogP contribution in [0.25, 0.3) is 0 Å². The molecule has 1 fully saturated rings. The molecule has 1 aromatic carbocycles. The SMILES string of the molecule is CC1(C(=O)O)CC1(c1ccccc1)P(=O)(O)O. The highest BCUT2D eigenvalue weighted by atomic mass is 31.2. The zero-order chi connectivity index (χ0) is 12.9. The Morgan fingerprint density at radius 2 is 1.82 bits per heavy atom. The Labute approximate surface area is 98.3 Å². The third kappa shape index (κ3) is 1.47. The van der Waals surface area contributed by atoms with E-state index in [2.05, 4.69) is 0 Å². The van der Waals surface area contributed by atoms with E-state index < -0.39 is 24.1 Å². The molecule has 2 unspecified atom stereocenters. The van der Waals surface area contributed by atoms with Gasteiger partial charge in [0, 0.05) is 0 Å². The summed E-state index contributed by atoms with van der Waals surface area (Å²) in [5.74, 6) is -1.18. The molecular weight excluding hydrogens is 243 g/mol. The molecule has 0 aromatic heterocycles. The molecule has 0 heterocycles. The Kier molecular flexibility index (Phi) is 2.47. The van der Waals surface area contributed by atoms with E-state index in [1.807, 2.05) is 0 Å². The first-order valence-electron chi connectivity index (χ1n) is 5.10. The second kappa shape index (κ2) is 3.42. The fourth-order valence-electron chi connectivity index (χ4n) is 2.45. The molecule has 0 radical (unpaired) electrons. The minimum absolute atomic E-state index is 0.0381. The zero-order valence-electron chi connectivity index (χ0n) is 9.20. The van der Waals surface area contributed by atoms with Gasteiger partial charge in [0.05, 0.1) is 5.41 Å². The molecule has 2 rings (SSSR count). The first-order valence-corrected chi connectivity index (χ1v) is 6.71. The fraction of sp³-hybridized carbons (Fsp3) is 0.364. The second-order valence-electron chi connectivity index (χ2n) is 4.58. The number of rotatable bonds is 3. The van der Waals surface area contributed by atoms with Crippen molar-refractivity contribution in [3.63, 3.8) is 0 Å². The lowest BCUT2D eigenvalue weighted by Crippen LogP contribution is -2.24. The number of carboxylic acids is 1. The van der Waals surface area contributed by atoms with Crippen molar-refractivity contribution in [3.05, 3.63) is 35.9 Å². The molecule has 92 valence electrons. The zero-order valence-corrected chi connectivity index (χ0v) is 10.1. The van der Waals surface area contributed by atoms with E-state index in [1.54, 1.807) is 30.3 Å². The highest BCUT2D eigenvalue weighted by Gasteiger charge is 2.78. The van der Waals surface area contributed by atoms with Crippen LogP contribution >= 0.6 is 7.60 Å². The van der Waals surface area contributed by atoms with E-state index in [1.165, 1.54) is 6.92 Å². The predicted octanol–water partition coefficient (Wildman–Crippen LogP) is 1.55. The Bertz CT molecular complexity index is 508. The van der Waals surface area contributed by atoms with Gasteiger partial charge < -0.3 is 14.9 Å². The summed E-state index contributed by atoms with van der Waals surface area (Å²) < 4.78 is 11.7. The second-order valence-corrected chi connectivity index (χ2v) is 6.44. The van der Waals surface area contributed by atoms with Crippen molar-refractivity contribution >= 4 is 13.6 Å². The van der Waals surface area contributed by atoms with E-state index in [4.69, 9.17) is 5.11 Å². The highest BCUT2D eigenvalue weighted by Crippen LogP contribution is 2.80. The predicted molar refractivity (Wildman–Crippen MR) is 60.5 cm³/mol. The summed E-state index contributed by atoms with van der Waals surface area (Å²) in [6.45, 7) is 1.38. The third-order valence-corrected chi connectivity index (χ3v) is 5.52. The number of hydrogen-bond acceptors (Lipinski definition) is 2. The van der Waals surface area contributed by atoms with E-state index in [0.29, 0.717) is 5.56 Å². The fourth-order valence-corrected chi connectivity index (χ4v) is 4.19. The summed E-state index contributed by atoms with van der Waals surface area (Å²) in [6.07, 6.45) is -0.0381. The quantitative estimate of drug-likeness (QED) is 0.713. The van der Waals surface area contributed by atoms with Crippen LogP contribution in [0.1, 0.15) is 18.9 Å². The van der Waals surface area contributed by atoms with E-state index in [9.17, 15) is 19.1 Å². The Hall–Kier alpha value is -1.16. The van der Waals surface area contributed by atoms with Crippen molar-refractivity contribution in [2.45, 2.75) is 18.5 Å². The number of benzene rings is 1. The first-order chi connectivity index (χ1) is 7.76. The molecule has 0 aliphatic heterocycles. The molecule has 17 heavy (non-hydrogen) atoms. The summed E-state index contributed by atoms with van der Waals surface area (Å²) in [6, 6.07) is 8.14. The van der Waals surface area contributed by atoms with Crippen LogP contribution < -0.4 is 0 Å². The van der Waals surface area contributed by atoms with E-state index >= 15 is 0 Å². The van der Waals surface area contributed by atoms with Gasteiger partial charge in [-0.2, -0.15) is 0 Å². The van der Waals surface area contributed by atoms with Gasteiger partial charge in [-0.3, -0.25) is 9.36 Å². The summed E-state index contributed by atoms with van der Waals surface area (Å²) in [4.78, 5) is 30.2. The van der Waals surface area contributed by atoms with Crippen molar-refractivity contribution in [1.82, 2.24) is 0 Å². The Morgan fingerprint density at radius 1 is 1.29 bits per heavy atom. The standard InChI is InChI=1S/C11H13O5P/c1-10(9(12)13)7-11(10,17(14,15)16)8-5-3-2-4-6-8/h2-6H,7H2,1H3,(H,12,13)(H2,14,15,16). The molecule has 2 atom stereocenters. The van der Waals surface area contributed by atoms with Crippen LogP contribution in [0.2, 0.25) is 0 Å². The molecule has 1 saturated carbocycles. The highest BCUT2D eigenvalue weighted by molar-refractivity contribution is 7.53. The Morgan fingerprint density at radius 3 is 2.18 bits per heavy atom. The van der Waals surface area contributed by atoms with Gasteiger partial charge in [0.15, 0.2) is 0 Å². The van der Waals surface area contributed by atoms with Gasteiger partial charge in [0.1, 0.15) is 5.16 Å². The average Bonchev–Trinajstić information content (AvgIpc) is 2.89. The monoisotopic (exact) mass is 256 g/mol. The number of carboxylic acid groups (broad SMARTS) is 1. The largest absolute Gasteiger partial charge is 0.481 e. The number of carbonyl (C=O) groups is 1. The molecule has 5 nitrogen and oxygen atoms in total. The van der Waals surface area contributed by atoms with E-state index in [-0.39, 0.29) is 6.42 Å². The molecule has 3 N–H and O–H groups in total. The molecule has 6 heteroatoms. The smallest absolute Gasteiger partial charge is 0.337 e. The first kappa shape index (κ1) is 12.3. The van der Waals surface area contributed by atoms with Crippen LogP contribution in [0.4, 0.5) is 0 Å². The van der Waals surface area contributed by atoms with Crippen LogP contribution in [-0.2, 0) is 14.5 Å². The van der Waals surface area contributed by atoms with Gasteiger partial charge in [-0.1, -0.05) is 30.3 Å². The van der Waals surface area contributed by atoms with Crippen LogP contribution in [0.15, 0.2) is 30.3 Å². The lowest BCUT2D eigenvalue weighted by atomic mass is 10.0. The van der Waals surface area contributed by atoms with Crippen LogP contribution in [-0.4, -0.2) is 20.9 Å². The maximum Gasteiger partial charge on any atom is 0.337 e. The van der Waals surface area contributed by atoms with Crippen molar-refractivity contribution in [2.24, 2.45) is 5.41 Å². The molecule has 0 amide bonds. The maximum atomic E-state index is 11.7. The van der Waals surface area contributed by atoms with Crippen LogP contribution in [0.5, 0.6) is 0 Å². The normalized spacial score (nSPS) is 32.2. The van der Waals surface area contributed by atoms with Gasteiger partial charge in [0.25, 0.3) is 0 Å². The molecule has 1 aromatic rings. The molecular formula is C11H13O5P. The molecule has 0 saturated heterocycles. The van der Waals surface area contributed by atoms with Crippen molar-refractivity contribution in [2.75, 3.05) is 0 Å². The van der Waals surface area contributed by atoms with Crippen molar-refractivity contribution in [1.29, 1.82) is 0 Å².